The number of nitrogens with two attached hydrogens (primary N) is 2. The van der Waals surface area contributed by atoms with E-state index in [2.05, 4.69) is 33.6 Å². The summed E-state index contributed by atoms with van der Waals surface area (Å²) in [6, 6.07) is -3.01. The number of amides is 6. The average molecular weight is 318 g/mol. The summed E-state index contributed by atoms with van der Waals surface area (Å²) in [4.78, 5) is 45.2. The van der Waals surface area contributed by atoms with Gasteiger partial charge in [-0.3, -0.25) is 20.4 Å². The molecule has 0 saturated carbocycles. The molecule has 14 heteroatoms. The lowest BCUT2D eigenvalue weighted by atomic mass is 10.4. The summed E-state index contributed by atoms with van der Waals surface area (Å²) >= 11 is 8.01. The van der Waals surface area contributed by atoms with Crippen molar-refractivity contribution in [3.8, 4) is 0 Å². The maximum Gasteiger partial charge on any atom is 0.369 e. The van der Waals surface area contributed by atoms with Gasteiger partial charge in [0.15, 0.2) is 0 Å². The molecule has 0 aromatic carbocycles. The zero-order valence-corrected chi connectivity index (χ0v) is 11.0. The van der Waals surface area contributed by atoms with Crippen molar-refractivity contribution in [2.24, 2.45) is 20.2 Å². The molecule has 6 amide bonds. The molecule has 0 aliphatic carbocycles. The number of guanidine groups is 2. The molecule has 20 heavy (non-hydrogen) atoms. The molecular formula is C6H6N8O4S2. The van der Waals surface area contributed by atoms with E-state index >= 15 is 0 Å². The van der Waals surface area contributed by atoms with Gasteiger partial charge in [0.25, 0.3) is 0 Å². The Morgan fingerprint density at radius 1 is 0.800 bits per heavy atom. The Bertz CT molecular complexity index is 497. The summed E-state index contributed by atoms with van der Waals surface area (Å²) in [5.41, 5.74) is 9.83. The fourth-order valence-electron chi connectivity index (χ4n) is 0.872. The number of hydrogen-bond acceptors (Lipinski definition) is 8. The van der Waals surface area contributed by atoms with Crippen LogP contribution in [0, 0.1) is 10.8 Å². The van der Waals surface area contributed by atoms with Crippen molar-refractivity contribution in [2.45, 2.75) is 0 Å². The van der Waals surface area contributed by atoms with Gasteiger partial charge in [-0.1, -0.05) is 0 Å². The Morgan fingerprint density at radius 2 is 1.05 bits per heavy atom. The maximum absolute atomic E-state index is 11.7. The largest absolute Gasteiger partial charge is 0.369 e. The minimum atomic E-state index is -1.78. The average Bonchev–Trinajstić information content (AvgIpc) is 2.37. The molecule has 12 nitrogen and oxygen atoms in total. The second-order valence-electron chi connectivity index (χ2n) is 2.80. The van der Waals surface area contributed by atoms with Crippen LogP contribution in [0.2, 0.25) is 0 Å². The number of imide groups is 2. The molecule has 0 heterocycles. The van der Waals surface area contributed by atoms with Crippen LogP contribution in [0.5, 0.6) is 0 Å². The van der Waals surface area contributed by atoms with Crippen LogP contribution in [-0.4, -0.2) is 45.6 Å². The van der Waals surface area contributed by atoms with E-state index < -0.39 is 35.8 Å². The molecule has 106 valence electrons. The van der Waals surface area contributed by atoms with E-state index in [0.717, 1.165) is 0 Å². The Balaban J connectivity index is 5.59. The summed E-state index contributed by atoms with van der Waals surface area (Å²) in [5.74, 6) is -5.90. The molecule has 0 unspecified atom stereocenters. The Labute approximate surface area is 121 Å². The van der Waals surface area contributed by atoms with Crippen LogP contribution in [0.4, 0.5) is 9.59 Å². The van der Waals surface area contributed by atoms with E-state index in [9.17, 15) is 19.2 Å². The normalized spacial score (nSPS) is 9.00. The first-order valence-electron chi connectivity index (χ1n) is 4.30. The number of carbonyl (C=O) groups is 4. The fourth-order valence-corrected chi connectivity index (χ4v) is 1.03. The van der Waals surface area contributed by atoms with Gasteiger partial charge in [-0.05, 0) is 0 Å². The van der Waals surface area contributed by atoms with Gasteiger partial charge in [-0.2, -0.15) is 9.80 Å². The molecule has 0 aliphatic heterocycles. The third-order valence-corrected chi connectivity index (χ3v) is 1.92. The lowest BCUT2D eigenvalue weighted by Crippen LogP contribution is -2.55. The molecule has 0 fully saturated rings. The Morgan fingerprint density at radius 3 is 1.20 bits per heavy atom. The molecule has 0 aromatic heterocycles. The number of rotatable bonds is 0. The molecule has 0 aromatic rings. The first-order valence-corrected chi connectivity index (χ1v) is 5.03. The van der Waals surface area contributed by atoms with Gasteiger partial charge in [0, 0.05) is 24.9 Å². The van der Waals surface area contributed by atoms with Crippen LogP contribution in [0.3, 0.4) is 0 Å². The lowest BCUT2D eigenvalue weighted by Gasteiger charge is -2.19. The van der Waals surface area contributed by atoms with Gasteiger partial charge in [0.05, 0.1) is 0 Å². The highest BCUT2D eigenvalue weighted by atomic mass is 32.1. The lowest BCUT2D eigenvalue weighted by molar-refractivity contribution is -0.144. The van der Waals surface area contributed by atoms with Gasteiger partial charge in [-0.15, -0.1) is 8.73 Å². The van der Waals surface area contributed by atoms with Crippen LogP contribution in [-0.2, 0) is 34.4 Å². The molecule has 0 rings (SSSR count). The standard InChI is InChI=1S/C6H6N8O4S2/c7-3(8)13(5(17)11-19)1(15)2(16)14(4(9)10)6(18)12-20/h(H3,7,8)(H3,9,10). The van der Waals surface area contributed by atoms with Gasteiger partial charge in [0.2, 0.25) is 11.9 Å². The second-order valence-corrected chi connectivity index (χ2v) is 3.16. The highest BCUT2D eigenvalue weighted by molar-refractivity contribution is 7.48. The molecule has 0 bridgehead atoms. The molecule has 6 N–H and O–H groups in total. The minimum absolute atomic E-state index is 0.220. The molecule has 0 spiro atoms. The van der Waals surface area contributed by atoms with Crippen molar-refractivity contribution in [2.75, 3.05) is 0 Å². The number of nitrogens with zero attached hydrogens (tertiary/aromatic N) is 4. The first-order chi connectivity index (χ1) is 9.18. The second kappa shape index (κ2) is 7.00. The van der Waals surface area contributed by atoms with Crippen LogP contribution in [0.25, 0.3) is 0 Å². The predicted molar refractivity (Wildman–Crippen MR) is 67.9 cm³/mol. The van der Waals surface area contributed by atoms with Gasteiger partial charge in [-0.25, -0.2) is 9.59 Å². The Kier molecular flexibility index (Phi) is 6.04. The van der Waals surface area contributed by atoms with Crippen LogP contribution in [0.15, 0.2) is 8.73 Å². The van der Waals surface area contributed by atoms with Gasteiger partial charge >= 0.3 is 23.9 Å². The summed E-state index contributed by atoms with van der Waals surface area (Å²) in [6.45, 7) is 0. The fraction of sp³-hybridized carbons (Fsp3) is 0. The van der Waals surface area contributed by atoms with Crippen LogP contribution < -0.4 is 11.5 Å². The summed E-state index contributed by atoms with van der Waals surface area (Å²) in [5, 5.41) is 14.0. The third-order valence-electron chi connectivity index (χ3n) is 1.61. The number of hydrogen-bond donors (Lipinski definition) is 4. The van der Waals surface area contributed by atoms with E-state index in [-0.39, 0.29) is 9.80 Å². The summed E-state index contributed by atoms with van der Waals surface area (Å²) in [7, 11) is 0. The highest BCUT2D eigenvalue weighted by Gasteiger charge is 2.37. The quantitative estimate of drug-likeness (QED) is 0.226. The van der Waals surface area contributed by atoms with E-state index in [1.807, 2.05) is 0 Å². The first kappa shape index (κ1) is 17.3. The number of nitrogens with one attached hydrogen (secondary N) is 2. The van der Waals surface area contributed by atoms with E-state index in [0.29, 0.717) is 0 Å². The zero-order chi connectivity index (χ0) is 16.0. The van der Waals surface area contributed by atoms with Crippen LogP contribution >= 0.6 is 0 Å². The zero-order valence-electron chi connectivity index (χ0n) is 9.39. The van der Waals surface area contributed by atoms with Crippen molar-refractivity contribution in [1.29, 1.82) is 10.8 Å². The number of urea groups is 2. The monoisotopic (exact) mass is 318 g/mol. The Hall–Kier alpha value is -2.74. The van der Waals surface area contributed by atoms with Crippen molar-refractivity contribution < 1.29 is 19.2 Å². The van der Waals surface area contributed by atoms with E-state index in [1.54, 1.807) is 0 Å². The van der Waals surface area contributed by atoms with Crippen molar-refractivity contribution in [3.05, 3.63) is 0 Å². The maximum atomic E-state index is 11.7. The number of carbonyl (C=O) groups excluding carboxylic acids is 4. The van der Waals surface area contributed by atoms with Crippen molar-refractivity contribution in [3.63, 3.8) is 0 Å². The molecule has 0 saturated heterocycles. The molecule has 0 atom stereocenters. The van der Waals surface area contributed by atoms with E-state index in [4.69, 9.17) is 22.3 Å². The minimum Gasteiger partial charge on any atom is -0.369 e. The topological polar surface area (TPSA) is 199 Å². The van der Waals surface area contributed by atoms with Crippen LogP contribution in [0.1, 0.15) is 0 Å². The highest BCUT2D eigenvalue weighted by Crippen LogP contribution is 2.01. The predicted octanol–water partition coefficient (Wildman–Crippen LogP) is -1.87. The third kappa shape index (κ3) is 3.62. The summed E-state index contributed by atoms with van der Waals surface area (Å²) < 4.78 is 5.25. The van der Waals surface area contributed by atoms with Crippen molar-refractivity contribution >= 4 is 60.6 Å². The van der Waals surface area contributed by atoms with Gasteiger partial charge in [0.1, 0.15) is 0 Å². The van der Waals surface area contributed by atoms with E-state index in [1.165, 1.54) is 0 Å². The molecular weight excluding hydrogens is 312 g/mol. The molecule has 0 radical (unpaired) electrons. The van der Waals surface area contributed by atoms with Crippen molar-refractivity contribution in [1.82, 2.24) is 9.80 Å². The molecule has 0 aliphatic rings. The van der Waals surface area contributed by atoms with Gasteiger partial charge < -0.3 is 11.5 Å². The summed E-state index contributed by atoms with van der Waals surface area (Å²) in [6.07, 6.45) is 0. The smallest absolute Gasteiger partial charge is 0.369 e. The SMILES string of the molecule is N=C(N)N(C(=O)N=S)C(=O)C(=O)N(C(=N)N)C(=O)N=S.